The number of aromatic amines is 1. The van der Waals surface area contributed by atoms with Crippen molar-refractivity contribution in [2.45, 2.75) is 38.0 Å². The summed E-state index contributed by atoms with van der Waals surface area (Å²) in [6, 6.07) is 9.37. The number of hydrogen-bond donors (Lipinski definition) is 2. The highest BCUT2D eigenvalue weighted by Crippen LogP contribution is 2.34. The molecule has 1 aliphatic heterocycles. The predicted molar refractivity (Wildman–Crippen MR) is 131 cm³/mol. The number of para-hydroxylation sites is 2. The third-order valence-electron chi connectivity index (χ3n) is 6.09. The van der Waals surface area contributed by atoms with E-state index in [1.165, 1.54) is 15.6 Å². The van der Waals surface area contributed by atoms with Gasteiger partial charge in [0.25, 0.3) is 0 Å². The van der Waals surface area contributed by atoms with Crippen molar-refractivity contribution in [3.8, 4) is 10.7 Å². The van der Waals surface area contributed by atoms with Crippen LogP contribution in [0.1, 0.15) is 29.4 Å². The smallest absolute Gasteiger partial charge is 0.244 e. The van der Waals surface area contributed by atoms with E-state index in [0.717, 1.165) is 16.9 Å². The maximum absolute atomic E-state index is 13.4. The molecule has 0 unspecified atom stereocenters. The fourth-order valence-corrected chi connectivity index (χ4v) is 7.33. The standard InChI is InChI=1S/C23H26N6O4S2/c1-14-20(12-19(34-14)22-25-15(2)33-28-22)35(31,32)29-11-5-6-16(13-29)23(30)24-10-9-21-26-17-7-3-4-8-18(17)27-21/h3-4,7-8,12,16H,5-6,9-11,13H2,1-2H3,(H,24,30)(H,26,27)/t16-/m1/s1. The van der Waals surface area contributed by atoms with Gasteiger partial charge in [0, 0.05) is 37.9 Å². The van der Waals surface area contributed by atoms with Crippen molar-refractivity contribution >= 4 is 38.3 Å². The Kier molecular flexibility index (Phi) is 6.43. The van der Waals surface area contributed by atoms with Crippen molar-refractivity contribution in [1.82, 2.24) is 29.7 Å². The van der Waals surface area contributed by atoms with E-state index in [2.05, 4.69) is 25.4 Å². The van der Waals surface area contributed by atoms with Gasteiger partial charge in [-0.3, -0.25) is 4.79 Å². The third kappa shape index (κ3) is 4.86. The highest BCUT2D eigenvalue weighted by molar-refractivity contribution is 7.89. The number of aryl methyl sites for hydroxylation is 2. The minimum absolute atomic E-state index is 0.133. The van der Waals surface area contributed by atoms with E-state index in [1.807, 2.05) is 24.3 Å². The van der Waals surface area contributed by atoms with Crippen LogP contribution in [-0.4, -0.2) is 58.4 Å². The number of aromatic nitrogens is 4. The summed E-state index contributed by atoms with van der Waals surface area (Å²) in [4.78, 5) is 26.3. The zero-order valence-electron chi connectivity index (χ0n) is 19.4. The first-order valence-electron chi connectivity index (χ1n) is 11.4. The second-order valence-electron chi connectivity index (χ2n) is 8.61. The third-order valence-corrected chi connectivity index (χ3v) is 9.26. The topological polar surface area (TPSA) is 134 Å². The number of amides is 1. The second kappa shape index (κ2) is 9.51. The zero-order valence-corrected chi connectivity index (χ0v) is 21.1. The Hall–Kier alpha value is -3.09. The average Bonchev–Trinajstić information content (AvgIpc) is 3.57. The van der Waals surface area contributed by atoms with Crippen LogP contribution in [0.4, 0.5) is 0 Å². The van der Waals surface area contributed by atoms with E-state index in [9.17, 15) is 13.2 Å². The summed E-state index contributed by atoms with van der Waals surface area (Å²) >= 11 is 1.31. The number of carbonyl (C=O) groups excluding carboxylic acids is 1. The number of nitrogens with one attached hydrogen (secondary N) is 2. The molecule has 2 N–H and O–H groups in total. The number of thiophene rings is 1. The van der Waals surface area contributed by atoms with E-state index in [0.29, 0.717) is 53.8 Å². The minimum Gasteiger partial charge on any atom is -0.355 e. The quantitative estimate of drug-likeness (QED) is 0.387. The van der Waals surface area contributed by atoms with Crippen LogP contribution in [-0.2, 0) is 21.2 Å². The molecule has 0 spiro atoms. The molecular weight excluding hydrogens is 488 g/mol. The lowest BCUT2D eigenvalue weighted by Crippen LogP contribution is -2.45. The van der Waals surface area contributed by atoms with Gasteiger partial charge in [0.05, 0.1) is 26.7 Å². The molecule has 10 nitrogen and oxygen atoms in total. The van der Waals surface area contributed by atoms with Crippen LogP contribution in [0.2, 0.25) is 0 Å². The Labute approximate surface area is 206 Å². The van der Waals surface area contributed by atoms with Crippen molar-refractivity contribution in [2.75, 3.05) is 19.6 Å². The Morgan fingerprint density at radius 2 is 2.11 bits per heavy atom. The first-order valence-corrected chi connectivity index (χ1v) is 13.7. The van der Waals surface area contributed by atoms with Crippen LogP contribution in [0.25, 0.3) is 21.7 Å². The van der Waals surface area contributed by atoms with Gasteiger partial charge in [0.15, 0.2) is 0 Å². The second-order valence-corrected chi connectivity index (χ2v) is 11.8. The lowest BCUT2D eigenvalue weighted by atomic mass is 9.99. The number of imidazole rings is 1. The number of H-pyrrole nitrogens is 1. The summed E-state index contributed by atoms with van der Waals surface area (Å²) in [5.74, 6) is 1.07. The van der Waals surface area contributed by atoms with Crippen molar-refractivity contribution in [2.24, 2.45) is 5.92 Å². The van der Waals surface area contributed by atoms with Crippen molar-refractivity contribution < 1.29 is 17.7 Å². The van der Waals surface area contributed by atoms with Crippen molar-refractivity contribution in [1.29, 1.82) is 0 Å². The van der Waals surface area contributed by atoms with Gasteiger partial charge < -0.3 is 14.8 Å². The van der Waals surface area contributed by atoms with E-state index in [1.54, 1.807) is 19.9 Å². The molecule has 3 aromatic heterocycles. The molecule has 1 amide bonds. The van der Waals surface area contributed by atoms with Crippen LogP contribution >= 0.6 is 11.3 Å². The number of benzene rings is 1. The maximum Gasteiger partial charge on any atom is 0.244 e. The van der Waals surface area contributed by atoms with E-state index in [4.69, 9.17) is 4.52 Å². The summed E-state index contributed by atoms with van der Waals surface area (Å²) in [7, 11) is -3.76. The molecule has 1 atom stereocenters. The Balaban J connectivity index is 1.22. The average molecular weight is 515 g/mol. The minimum atomic E-state index is -3.76. The lowest BCUT2D eigenvalue weighted by Gasteiger charge is -2.31. The van der Waals surface area contributed by atoms with Crippen LogP contribution in [0.15, 0.2) is 39.8 Å². The van der Waals surface area contributed by atoms with Gasteiger partial charge in [0.1, 0.15) is 5.82 Å². The molecule has 1 fully saturated rings. The zero-order chi connectivity index (χ0) is 24.6. The van der Waals surface area contributed by atoms with Gasteiger partial charge in [-0.15, -0.1) is 11.3 Å². The molecule has 1 saturated heterocycles. The molecule has 4 heterocycles. The van der Waals surface area contributed by atoms with E-state index < -0.39 is 15.9 Å². The number of sulfonamides is 1. The van der Waals surface area contributed by atoms with Gasteiger partial charge in [-0.2, -0.15) is 9.29 Å². The van der Waals surface area contributed by atoms with Gasteiger partial charge >= 0.3 is 0 Å². The SMILES string of the molecule is Cc1nc(-c2cc(S(=O)(=O)N3CCC[C@@H](C(=O)NCCc4nc5ccccc5[nH]4)C3)c(C)s2)no1. The van der Waals surface area contributed by atoms with Crippen molar-refractivity contribution in [3.63, 3.8) is 0 Å². The number of hydrogen-bond acceptors (Lipinski definition) is 8. The molecule has 184 valence electrons. The van der Waals surface area contributed by atoms with Crippen LogP contribution in [0.5, 0.6) is 0 Å². The fourth-order valence-electron chi connectivity index (χ4n) is 4.32. The van der Waals surface area contributed by atoms with Gasteiger partial charge in [-0.25, -0.2) is 13.4 Å². The molecule has 12 heteroatoms. The summed E-state index contributed by atoms with van der Waals surface area (Å²) in [5, 5.41) is 6.84. The largest absolute Gasteiger partial charge is 0.355 e. The van der Waals surface area contributed by atoms with Gasteiger partial charge in [-0.1, -0.05) is 17.3 Å². The van der Waals surface area contributed by atoms with Gasteiger partial charge in [0.2, 0.25) is 27.6 Å². The Morgan fingerprint density at radius 3 is 2.89 bits per heavy atom. The van der Waals surface area contributed by atoms with E-state index >= 15 is 0 Å². The molecule has 4 aromatic rings. The molecule has 0 saturated carbocycles. The number of fused-ring (bicyclic) bond motifs is 1. The summed E-state index contributed by atoms with van der Waals surface area (Å²) in [6.45, 7) is 4.42. The number of carbonyl (C=O) groups is 1. The summed E-state index contributed by atoms with van der Waals surface area (Å²) < 4.78 is 33.3. The summed E-state index contributed by atoms with van der Waals surface area (Å²) in [5.41, 5.74) is 1.85. The highest BCUT2D eigenvalue weighted by atomic mass is 32.2. The first-order chi connectivity index (χ1) is 16.8. The molecular formula is C23H26N6O4S2. The maximum atomic E-state index is 13.4. The lowest BCUT2D eigenvalue weighted by molar-refractivity contribution is -0.126. The first kappa shape index (κ1) is 23.6. The fraction of sp³-hybridized carbons (Fsp3) is 0.391. The molecule has 0 bridgehead atoms. The molecule has 1 aliphatic rings. The molecule has 0 radical (unpaired) electrons. The number of piperidine rings is 1. The molecule has 5 rings (SSSR count). The van der Waals surface area contributed by atoms with Crippen LogP contribution in [0.3, 0.4) is 0 Å². The molecule has 0 aliphatic carbocycles. The van der Waals surface area contributed by atoms with Crippen molar-refractivity contribution in [3.05, 3.63) is 46.9 Å². The number of rotatable bonds is 7. The Bertz CT molecular complexity index is 1440. The van der Waals surface area contributed by atoms with Crippen LogP contribution in [0, 0.1) is 19.8 Å². The molecule has 35 heavy (non-hydrogen) atoms. The normalized spacial score (nSPS) is 17.1. The predicted octanol–water partition coefficient (Wildman–Crippen LogP) is 3.05. The van der Waals surface area contributed by atoms with E-state index in [-0.39, 0.29) is 17.3 Å². The summed E-state index contributed by atoms with van der Waals surface area (Å²) in [6.07, 6.45) is 1.85. The van der Waals surface area contributed by atoms with Gasteiger partial charge in [-0.05, 0) is 38.0 Å². The molecule has 1 aromatic carbocycles. The highest BCUT2D eigenvalue weighted by Gasteiger charge is 2.35. The van der Waals surface area contributed by atoms with Crippen LogP contribution < -0.4 is 5.32 Å². The Morgan fingerprint density at radius 1 is 1.29 bits per heavy atom. The monoisotopic (exact) mass is 514 g/mol. The number of nitrogens with zero attached hydrogens (tertiary/aromatic N) is 4.